The summed E-state index contributed by atoms with van der Waals surface area (Å²) in [7, 11) is 0. The minimum atomic E-state index is -0.0404. The van der Waals surface area contributed by atoms with E-state index in [1.807, 2.05) is 0 Å². The molecule has 0 saturated carbocycles. The second kappa shape index (κ2) is 8.45. The van der Waals surface area contributed by atoms with Gasteiger partial charge in [-0.05, 0) is 92.9 Å². The molecule has 0 N–H and O–H groups in total. The maximum atomic E-state index is 2.44. The van der Waals surface area contributed by atoms with Gasteiger partial charge in [0.1, 0.15) is 0 Å². The maximum absolute atomic E-state index is 2.44. The van der Waals surface area contributed by atoms with Crippen LogP contribution in [0.1, 0.15) is 62.4 Å². The third-order valence-corrected chi connectivity index (χ3v) is 9.25. The standard InChI is InChI=1S/C38H35N/c1-6-25-15-17-26(18-16-25)39(27-19-21-31-29-11-7-9-13-33(29)37(2,3)35(31)23-27)28-20-22-32-30-12-8-10-14-34(30)38(4,5)36(32)24-28/h7-24H,6H2,1-5H3. The van der Waals surface area contributed by atoms with Gasteiger partial charge in [-0.25, -0.2) is 0 Å². The molecule has 0 fully saturated rings. The number of anilines is 3. The third kappa shape index (κ3) is 3.46. The lowest BCUT2D eigenvalue weighted by atomic mass is 9.82. The molecule has 1 nitrogen and oxygen atoms in total. The van der Waals surface area contributed by atoms with Crippen LogP contribution in [0.15, 0.2) is 109 Å². The molecule has 5 aromatic rings. The van der Waals surface area contributed by atoms with E-state index in [4.69, 9.17) is 0 Å². The molecule has 0 aromatic heterocycles. The third-order valence-electron chi connectivity index (χ3n) is 9.25. The first-order valence-electron chi connectivity index (χ1n) is 14.2. The van der Waals surface area contributed by atoms with E-state index in [9.17, 15) is 0 Å². The summed E-state index contributed by atoms with van der Waals surface area (Å²) in [6.45, 7) is 11.6. The fraction of sp³-hybridized carbons (Fsp3) is 0.211. The lowest BCUT2D eigenvalue weighted by Crippen LogP contribution is -2.18. The van der Waals surface area contributed by atoms with Crippen LogP contribution in [0.5, 0.6) is 0 Å². The molecule has 2 aliphatic rings. The van der Waals surface area contributed by atoms with Gasteiger partial charge in [0.25, 0.3) is 0 Å². The number of fused-ring (bicyclic) bond motifs is 6. The number of rotatable bonds is 4. The molecule has 0 unspecified atom stereocenters. The topological polar surface area (TPSA) is 3.24 Å². The summed E-state index contributed by atoms with van der Waals surface area (Å²) in [6, 6.07) is 41.0. The van der Waals surface area contributed by atoms with Crippen molar-refractivity contribution in [2.75, 3.05) is 4.90 Å². The summed E-state index contributed by atoms with van der Waals surface area (Å²) >= 11 is 0. The van der Waals surface area contributed by atoms with Gasteiger partial charge in [0, 0.05) is 27.9 Å². The molecule has 0 bridgehead atoms. The predicted molar refractivity (Wildman–Crippen MR) is 166 cm³/mol. The fourth-order valence-electron chi connectivity index (χ4n) is 6.99. The SMILES string of the molecule is CCc1ccc(N(c2ccc3c(c2)C(C)(C)c2ccccc2-3)c2ccc3c(c2)C(C)(C)c2ccccc2-3)cc1. The average Bonchev–Trinajstić information content (AvgIpc) is 3.33. The van der Waals surface area contributed by atoms with Crippen molar-refractivity contribution < 1.29 is 0 Å². The van der Waals surface area contributed by atoms with Crippen LogP contribution in [0, 0.1) is 0 Å². The first-order chi connectivity index (χ1) is 18.8. The monoisotopic (exact) mass is 505 g/mol. The number of hydrogen-bond acceptors (Lipinski definition) is 1. The summed E-state index contributed by atoms with van der Waals surface area (Å²) in [5.74, 6) is 0. The maximum Gasteiger partial charge on any atom is 0.0465 e. The van der Waals surface area contributed by atoms with Crippen LogP contribution < -0.4 is 4.90 Å². The second-order valence-electron chi connectivity index (χ2n) is 12.2. The average molecular weight is 506 g/mol. The Morgan fingerprint density at radius 3 is 1.33 bits per heavy atom. The van der Waals surface area contributed by atoms with E-state index in [2.05, 4.69) is 149 Å². The molecule has 2 aliphatic carbocycles. The van der Waals surface area contributed by atoms with Crippen LogP contribution in [0.3, 0.4) is 0 Å². The highest BCUT2D eigenvalue weighted by atomic mass is 15.1. The first-order valence-corrected chi connectivity index (χ1v) is 14.2. The van der Waals surface area contributed by atoms with Gasteiger partial charge in [0.05, 0.1) is 0 Å². The van der Waals surface area contributed by atoms with Crippen LogP contribution in [-0.4, -0.2) is 0 Å². The predicted octanol–water partition coefficient (Wildman–Crippen LogP) is 10.3. The Balaban J connectivity index is 1.41. The van der Waals surface area contributed by atoms with Crippen molar-refractivity contribution in [2.24, 2.45) is 0 Å². The van der Waals surface area contributed by atoms with E-state index in [-0.39, 0.29) is 10.8 Å². The Bertz CT molecular complexity index is 1630. The molecule has 0 atom stereocenters. The highest BCUT2D eigenvalue weighted by Gasteiger charge is 2.37. The van der Waals surface area contributed by atoms with Gasteiger partial charge in [-0.3, -0.25) is 0 Å². The highest BCUT2D eigenvalue weighted by molar-refractivity contribution is 5.88. The lowest BCUT2D eigenvalue weighted by Gasteiger charge is -2.30. The summed E-state index contributed by atoms with van der Waals surface area (Å²) in [4.78, 5) is 2.44. The molecule has 0 aliphatic heterocycles. The minimum absolute atomic E-state index is 0.0404. The lowest BCUT2D eigenvalue weighted by molar-refractivity contribution is 0.660. The van der Waals surface area contributed by atoms with Crippen molar-refractivity contribution in [3.63, 3.8) is 0 Å². The van der Waals surface area contributed by atoms with Crippen LogP contribution in [0.2, 0.25) is 0 Å². The zero-order valence-corrected chi connectivity index (χ0v) is 23.5. The highest BCUT2D eigenvalue weighted by Crippen LogP contribution is 2.52. The van der Waals surface area contributed by atoms with Gasteiger partial charge in [-0.1, -0.05) is 107 Å². The number of hydrogen-bond donors (Lipinski definition) is 0. The summed E-state index contributed by atoms with van der Waals surface area (Å²) in [6.07, 6.45) is 1.04. The fourth-order valence-corrected chi connectivity index (χ4v) is 6.99. The van der Waals surface area contributed by atoms with Crippen LogP contribution in [-0.2, 0) is 17.3 Å². The van der Waals surface area contributed by atoms with Gasteiger partial charge in [0.15, 0.2) is 0 Å². The van der Waals surface area contributed by atoms with Crippen molar-refractivity contribution >= 4 is 17.1 Å². The summed E-state index contributed by atoms with van der Waals surface area (Å²) in [5, 5.41) is 0. The Hall–Kier alpha value is -4.10. The normalized spacial score (nSPS) is 15.3. The van der Waals surface area contributed by atoms with Crippen LogP contribution >= 0.6 is 0 Å². The van der Waals surface area contributed by atoms with Crippen molar-refractivity contribution in [1.29, 1.82) is 0 Å². The molecular weight excluding hydrogens is 470 g/mol. The van der Waals surface area contributed by atoms with E-state index in [0.29, 0.717) is 0 Å². The molecule has 0 spiro atoms. The van der Waals surface area contributed by atoms with E-state index in [1.165, 1.54) is 67.1 Å². The number of aryl methyl sites for hydroxylation is 1. The van der Waals surface area contributed by atoms with Gasteiger partial charge in [-0.2, -0.15) is 0 Å². The van der Waals surface area contributed by atoms with Gasteiger partial charge in [0.2, 0.25) is 0 Å². The molecule has 39 heavy (non-hydrogen) atoms. The first kappa shape index (κ1) is 24.0. The van der Waals surface area contributed by atoms with Crippen molar-refractivity contribution in [3.8, 4) is 22.3 Å². The van der Waals surface area contributed by atoms with Crippen molar-refractivity contribution in [1.82, 2.24) is 0 Å². The summed E-state index contributed by atoms with van der Waals surface area (Å²) in [5.41, 5.74) is 15.9. The molecule has 0 saturated heterocycles. The molecule has 5 aromatic carbocycles. The van der Waals surface area contributed by atoms with Gasteiger partial charge in [-0.15, -0.1) is 0 Å². The van der Waals surface area contributed by atoms with Gasteiger partial charge < -0.3 is 4.90 Å². The zero-order valence-electron chi connectivity index (χ0n) is 23.5. The Kier molecular flexibility index (Phi) is 5.19. The molecule has 0 heterocycles. The zero-order chi connectivity index (χ0) is 26.9. The smallest absolute Gasteiger partial charge is 0.0465 e. The molecule has 1 heteroatoms. The Morgan fingerprint density at radius 2 is 0.872 bits per heavy atom. The van der Waals surface area contributed by atoms with E-state index < -0.39 is 0 Å². The summed E-state index contributed by atoms with van der Waals surface area (Å²) < 4.78 is 0. The molecule has 7 rings (SSSR count). The minimum Gasteiger partial charge on any atom is -0.310 e. The number of nitrogens with zero attached hydrogens (tertiary/aromatic N) is 1. The second-order valence-corrected chi connectivity index (χ2v) is 12.2. The molecule has 0 amide bonds. The van der Waals surface area contributed by atoms with Gasteiger partial charge >= 0.3 is 0 Å². The quantitative estimate of drug-likeness (QED) is 0.235. The Morgan fingerprint density at radius 1 is 0.462 bits per heavy atom. The van der Waals surface area contributed by atoms with E-state index >= 15 is 0 Å². The van der Waals surface area contributed by atoms with E-state index in [1.54, 1.807) is 0 Å². The Labute approximate surface area is 232 Å². The van der Waals surface area contributed by atoms with Crippen LogP contribution in [0.25, 0.3) is 22.3 Å². The number of benzene rings is 5. The van der Waals surface area contributed by atoms with Crippen LogP contribution in [0.4, 0.5) is 17.1 Å². The van der Waals surface area contributed by atoms with E-state index in [0.717, 1.165) is 6.42 Å². The largest absolute Gasteiger partial charge is 0.310 e. The van der Waals surface area contributed by atoms with Crippen molar-refractivity contribution in [3.05, 3.63) is 137 Å². The van der Waals surface area contributed by atoms with Crippen molar-refractivity contribution in [2.45, 2.75) is 51.9 Å². The molecule has 192 valence electrons. The molecular formula is C38H35N. The molecule has 0 radical (unpaired) electrons.